The van der Waals surface area contributed by atoms with Gasteiger partial charge in [0.15, 0.2) is 0 Å². The average Bonchev–Trinajstić information content (AvgIpc) is 2.92. The Kier molecular flexibility index (Phi) is 7.13. The van der Waals surface area contributed by atoms with Gasteiger partial charge in [-0.2, -0.15) is 0 Å². The molecule has 0 radical (unpaired) electrons. The molecule has 2 rings (SSSR count). The van der Waals surface area contributed by atoms with Gasteiger partial charge in [0, 0.05) is 18.5 Å². The molecule has 1 aromatic carbocycles. The van der Waals surface area contributed by atoms with Crippen LogP contribution in [0, 0.1) is 11.3 Å². The molecule has 1 aliphatic heterocycles. The maximum Gasteiger partial charge on any atom is 0.251 e. The lowest BCUT2D eigenvalue weighted by molar-refractivity contribution is -0.123. The van der Waals surface area contributed by atoms with E-state index in [9.17, 15) is 14.4 Å². The lowest BCUT2D eigenvalue weighted by Gasteiger charge is -2.25. The smallest absolute Gasteiger partial charge is 0.251 e. The average molecular weight is 373 g/mol. The predicted octanol–water partition coefficient (Wildman–Crippen LogP) is 2.73. The summed E-state index contributed by atoms with van der Waals surface area (Å²) < 4.78 is 0. The van der Waals surface area contributed by atoms with E-state index in [1.54, 1.807) is 24.3 Å². The highest BCUT2D eigenvalue weighted by Crippen LogP contribution is 2.37. The molecule has 6 heteroatoms. The molecule has 6 nitrogen and oxygen atoms in total. The molecule has 1 atom stereocenters. The highest BCUT2D eigenvalue weighted by Gasteiger charge is 2.45. The second-order valence-electron chi connectivity index (χ2n) is 8.16. The van der Waals surface area contributed by atoms with E-state index in [1.807, 2.05) is 27.8 Å². The molecule has 2 N–H and O–H groups in total. The second-order valence-corrected chi connectivity index (χ2v) is 8.16. The summed E-state index contributed by atoms with van der Waals surface area (Å²) >= 11 is 0. The SMILES string of the molecule is CNCCCCCNC(=O)c1cccc(N2C(=O)CC(C(C)(C)C)C2=O)c1. The van der Waals surface area contributed by atoms with Crippen molar-refractivity contribution in [1.29, 1.82) is 0 Å². The minimum absolute atomic E-state index is 0.183. The molecule has 1 aromatic rings. The van der Waals surface area contributed by atoms with Gasteiger partial charge in [-0.15, -0.1) is 0 Å². The van der Waals surface area contributed by atoms with E-state index in [1.165, 1.54) is 4.90 Å². The highest BCUT2D eigenvalue weighted by molar-refractivity contribution is 6.21. The third-order valence-corrected chi connectivity index (χ3v) is 4.95. The number of anilines is 1. The van der Waals surface area contributed by atoms with Gasteiger partial charge >= 0.3 is 0 Å². The molecule has 0 saturated carbocycles. The molecule has 0 spiro atoms. The van der Waals surface area contributed by atoms with E-state index in [2.05, 4.69) is 10.6 Å². The third kappa shape index (κ3) is 5.39. The predicted molar refractivity (Wildman–Crippen MR) is 107 cm³/mol. The zero-order chi connectivity index (χ0) is 20.0. The number of nitrogens with one attached hydrogen (secondary N) is 2. The summed E-state index contributed by atoms with van der Waals surface area (Å²) in [6.07, 6.45) is 3.26. The van der Waals surface area contributed by atoms with Crippen LogP contribution < -0.4 is 15.5 Å². The maximum atomic E-state index is 12.7. The van der Waals surface area contributed by atoms with Crippen molar-refractivity contribution >= 4 is 23.4 Å². The van der Waals surface area contributed by atoms with Gasteiger partial charge in [0.2, 0.25) is 11.8 Å². The van der Waals surface area contributed by atoms with Gasteiger partial charge in [0.25, 0.3) is 5.91 Å². The summed E-state index contributed by atoms with van der Waals surface area (Å²) in [6, 6.07) is 6.74. The molecule has 1 saturated heterocycles. The van der Waals surface area contributed by atoms with Gasteiger partial charge in [-0.05, 0) is 50.0 Å². The quantitative estimate of drug-likeness (QED) is 0.542. The van der Waals surface area contributed by atoms with Crippen molar-refractivity contribution in [3.05, 3.63) is 29.8 Å². The van der Waals surface area contributed by atoms with E-state index in [-0.39, 0.29) is 35.5 Å². The zero-order valence-corrected chi connectivity index (χ0v) is 16.8. The first kappa shape index (κ1) is 21.1. The number of carbonyl (C=O) groups excluding carboxylic acids is 3. The molecule has 1 fully saturated rings. The monoisotopic (exact) mass is 373 g/mol. The Morgan fingerprint density at radius 3 is 2.48 bits per heavy atom. The minimum atomic E-state index is -0.333. The van der Waals surface area contributed by atoms with E-state index in [0.29, 0.717) is 17.8 Å². The van der Waals surface area contributed by atoms with Crippen molar-refractivity contribution in [2.24, 2.45) is 11.3 Å². The lowest BCUT2D eigenvalue weighted by atomic mass is 9.80. The number of imide groups is 1. The number of nitrogens with zero attached hydrogens (tertiary/aromatic N) is 1. The fourth-order valence-corrected chi connectivity index (χ4v) is 3.27. The van der Waals surface area contributed by atoms with Crippen LogP contribution in [0.1, 0.15) is 56.8 Å². The summed E-state index contributed by atoms with van der Waals surface area (Å²) in [5, 5.41) is 6.00. The zero-order valence-electron chi connectivity index (χ0n) is 16.8. The molecule has 148 valence electrons. The molecule has 1 heterocycles. The fourth-order valence-electron chi connectivity index (χ4n) is 3.27. The molecule has 0 bridgehead atoms. The highest BCUT2D eigenvalue weighted by atomic mass is 16.2. The molecule has 3 amide bonds. The van der Waals surface area contributed by atoms with Gasteiger partial charge in [-0.3, -0.25) is 19.3 Å². The molecule has 0 aliphatic carbocycles. The van der Waals surface area contributed by atoms with Crippen LogP contribution in [0.4, 0.5) is 5.69 Å². The van der Waals surface area contributed by atoms with Crippen LogP contribution in [0.3, 0.4) is 0 Å². The molecular weight excluding hydrogens is 342 g/mol. The van der Waals surface area contributed by atoms with Crippen molar-refractivity contribution in [3.63, 3.8) is 0 Å². The molecule has 1 aliphatic rings. The summed E-state index contributed by atoms with van der Waals surface area (Å²) in [5.74, 6) is -0.909. The second kappa shape index (κ2) is 9.13. The number of rotatable bonds is 8. The van der Waals surface area contributed by atoms with Gasteiger partial charge < -0.3 is 10.6 Å². The summed E-state index contributed by atoms with van der Waals surface area (Å²) in [4.78, 5) is 38.8. The Labute approximate surface area is 161 Å². The standard InChI is InChI=1S/C21H31N3O3/c1-21(2,3)17-14-18(25)24(20(17)27)16-10-8-9-15(13-16)19(26)23-12-7-5-6-11-22-4/h8-10,13,17,22H,5-7,11-12,14H2,1-4H3,(H,23,26). The number of hydrogen-bond donors (Lipinski definition) is 2. The number of benzene rings is 1. The van der Waals surface area contributed by atoms with E-state index in [4.69, 9.17) is 0 Å². The Morgan fingerprint density at radius 2 is 1.85 bits per heavy atom. The molecule has 1 unspecified atom stereocenters. The summed E-state index contributed by atoms with van der Waals surface area (Å²) in [6.45, 7) is 7.48. The first-order valence-electron chi connectivity index (χ1n) is 9.65. The fraction of sp³-hybridized carbons (Fsp3) is 0.571. The van der Waals surface area contributed by atoms with Crippen molar-refractivity contribution in [2.45, 2.75) is 46.5 Å². The van der Waals surface area contributed by atoms with Crippen molar-refractivity contribution in [2.75, 3.05) is 25.0 Å². The molecule has 27 heavy (non-hydrogen) atoms. The van der Waals surface area contributed by atoms with Gasteiger partial charge in [0.05, 0.1) is 11.6 Å². The first-order chi connectivity index (χ1) is 12.8. The third-order valence-electron chi connectivity index (χ3n) is 4.95. The Hall–Kier alpha value is -2.21. The van der Waals surface area contributed by atoms with Gasteiger partial charge in [0.1, 0.15) is 0 Å². The number of unbranched alkanes of at least 4 members (excludes halogenated alkanes) is 2. The van der Waals surface area contributed by atoms with Crippen molar-refractivity contribution in [1.82, 2.24) is 10.6 Å². The first-order valence-corrected chi connectivity index (χ1v) is 9.65. The van der Waals surface area contributed by atoms with Crippen LogP contribution in [0.5, 0.6) is 0 Å². The van der Waals surface area contributed by atoms with Crippen LogP contribution in [0.25, 0.3) is 0 Å². The Bertz CT molecular complexity index is 694. The van der Waals surface area contributed by atoms with Crippen molar-refractivity contribution < 1.29 is 14.4 Å². The van der Waals surface area contributed by atoms with Crippen LogP contribution in [-0.4, -0.2) is 37.9 Å². The van der Waals surface area contributed by atoms with Crippen LogP contribution in [0.2, 0.25) is 0 Å². The summed E-state index contributed by atoms with van der Waals surface area (Å²) in [5.41, 5.74) is 0.657. The molecular formula is C21H31N3O3. The van der Waals surface area contributed by atoms with Crippen LogP contribution in [0.15, 0.2) is 24.3 Å². The maximum absolute atomic E-state index is 12.7. The Morgan fingerprint density at radius 1 is 1.15 bits per heavy atom. The number of hydrogen-bond acceptors (Lipinski definition) is 4. The van der Waals surface area contributed by atoms with E-state index < -0.39 is 0 Å². The van der Waals surface area contributed by atoms with Gasteiger partial charge in [-0.1, -0.05) is 33.3 Å². The van der Waals surface area contributed by atoms with Gasteiger partial charge in [-0.25, -0.2) is 0 Å². The van der Waals surface area contributed by atoms with E-state index >= 15 is 0 Å². The van der Waals surface area contributed by atoms with Crippen LogP contribution in [-0.2, 0) is 9.59 Å². The summed E-state index contributed by atoms with van der Waals surface area (Å²) in [7, 11) is 1.92. The molecule has 0 aromatic heterocycles. The van der Waals surface area contributed by atoms with Crippen molar-refractivity contribution in [3.8, 4) is 0 Å². The van der Waals surface area contributed by atoms with E-state index in [0.717, 1.165) is 25.8 Å². The minimum Gasteiger partial charge on any atom is -0.352 e. The topological polar surface area (TPSA) is 78.5 Å². The number of amides is 3. The Balaban J connectivity index is 2.01. The largest absolute Gasteiger partial charge is 0.352 e. The normalized spacial score (nSPS) is 17.5. The number of carbonyl (C=O) groups is 3. The van der Waals surface area contributed by atoms with Crippen LogP contribution >= 0.6 is 0 Å². The lowest BCUT2D eigenvalue weighted by Crippen LogP contribution is -2.34.